The van der Waals surface area contributed by atoms with Gasteiger partial charge < -0.3 is 10.6 Å². The molecule has 0 spiro atoms. The lowest BCUT2D eigenvalue weighted by atomic mass is 10.0. The van der Waals surface area contributed by atoms with Gasteiger partial charge in [0.15, 0.2) is 0 Å². The van der Waals surface area contributed by atoms with E-state index in [9.17, 15) is 18.0 Å². The minimum Gasteiger partial charge on any atom is -0.347 e. The first-order chi connectivity index (χ1) is 13.3. The molecule has 0 bridgehead atoms. The highest BCUT2D eigenvalue weighted by Gasteiger charge is 2.24. The number of anilines is 2. The van der Waals surface area contributed by atoms with E-state index < -0.39 is 21.8 Å². The van der Waals surface area contributed by atoms with Crippen molar-refractivity contribution >= 4 is 33.2 Å². The summed E-state index contributed by atoms with van der Waals surface area (Å²) >= 11 is 0. The molecule has 28 heavy (non-hydrogen) atoms. The molecule has 7 nitrogen and oxygen atoms in total. The quantitative estimate of drug-likeness (QED) is 0.746. The van der Waals surface area contributed by atoms with Crippen molar-refractivity contribution in [2.24, 2.45) is 0 Å². The molecular weight excluding hydrogens is 378 g/mol. The van der Waals surface area contributed by atoms with Crippen LogP contribution < -0.4 is 14.9 Å². The van der Waals surface area contributed by atoms with Crippen LogP contribution >= 0.6 is 0 Å². The van der Waals surface area contributed by atoms with E-state index in [2.05, 4.69) is 10.6 Å². The number of aryl methyl sites for hydroxylation is 1. The van der Waals surface area contributed by atoms with Crippen LogP contribution in [0.15, 0.2) is 48.5 Å². The van der Waals surface area contributed by atoms with Gasteiger partial charge in [-0.2, -0.15) is 0 Å². The van der Waals surface area contributed by atoms with Gasteiger partial charge in [0.25, 0.3) is 0 Å². The summed E-state index contributed by atoms with van der Waals surface area (Å²) in [4.78, 5) is 24.2. The van der Waals surface area contributed by atoms with Crippen LogP contribution in [0.3, 0.4) is 0 Å². The summed E-state index contributed by atoms with van der Waals surface area (Å²) in [7, 11) is -3.40. The molecule has 0 saturated carbocycles. The minimum absolute atomic E-state index is 0.350. The van der Waals surface area contributed by atoms with Gasteiger partial charge in [-0.25, -0.2) is 8.42 Å². The summed E-state index contributed by atoms with van der Waals surface area (Å²) in [5.74, 6) is -1.51. The number of hydrogen-bond acceptors (Lipinski definition) is 4. The SMILES string of the molecule is CS(=O)(=O)N1CCCc2ccc(NC(=O)C(=O)NCCc3ccccc3)cc21. The number of carbonyl (C=O) groups excluding carboxylic acids is 2. The molecule has 2 aromatic carbocycles. The molecule has 1 aliphatic rings. The summed E-state index contributed by atoms with van der Waals surface area (Å²) in [5.41, 5.74) is 2.91. The number of fused-ring (bicyclic) bond motifs is 1. The predicted octanol–water partition coefficient (Wildman–Crippen LogP) is 1.70. The number of amides is 2. The molecule has 2 amide bonds. The maximum Gasteiger partial charge on any atom is 0.313 e. The summed E-state index contributed by atoms with van der Waals surface area (Å²) < 4.78 is 25.3. The number of carbonyl (C=O) groups is 2. The van der Waals surface area contributed by atoms with Gasteiger partial charge in [0.05, 0.1) is 11.9 Å². The largest absolute Gasteiger partial charge is 0.347 e. The van der Waals surface area contributed by atoms with Crippen LogP contribution in [0.1, 0.15) is 17.5 Å². The zero-order valence-electron chi connectivity index (χ0n) is 15.6. The molecule has 8 heteroatoms. The highest BCUT2D eigenvalue weighted by atomic mass is 32.2. The number of nitrogens with one attached hydrogen (secondary N) is 2. The normalized spacial score (nSPS) is 13.5. The summed E-state index contributed by atoms with van der Waals surface area (Å²) in [6.07, 6.45) is 3.31. The second-order valence-corrected chi connectivity index (χ2v) is 8.63. The smallest absolute Gasteiger partial charge is 0.313 e. The Morgan fingerprint density at radius 1 is 1.07 bits per heavy atom. The molecule has 0 unspecified atom stereocenters. The van der Waals surface area contributed by atoms with Gasteiger partial charge in [-0.1, -0.05) is 36.4 Å². The highest BCUT2D eigenvalue weighted by Crippen LogP contribution is 2.31. The van der Waals surface area contributed by atoms with Crippen LogP contribution in [0.2, 0.25) is 0 Å². The van der Waals surface area contributed by atoms with E-state index in [1.807, 2.05) is 30.3 Å². The molecule has 1 aliphatic heterocycles. The number of sulfonamides is 1. The van der Waals surface area contributed by atoms with E-state index in [4.69, 9.17) is 0 Å². The molecule has 3 rings (SSSR count). The number of hydrogen-bond donors (Lipinski definition) is 2. The third-order valence-corrected chi connectivity index (χ3v) is 5.75. The predicted molar refractivity (Wildman–Crippen MR) is 109 cm³/mol. The van der Waals surface area contributed by atoms with E-state index in [-0.39, 0.29) is 0 Å². The Kier molecular flexibility index (Phi) is 5.99. The molecule has 0 aliphatic carbocycles. The fourth-order valence-electron chi connectivity index (χ4n) is 3.20. The maximum absolute atomic E-state index is 12.1. The number of benzene rings is 2. The monoisotopic (exact) mass is 401 g/mol. The molecule has 0 fully saturated rings. The molecule has 1 heterocycles. The first kappa shape index (κ1) is 19.9. The standard InChI is InChI=1S/C20H23N3O4S/c1-28(26,27)23-13-5-8-16-9-10-17(14-18(16)23)22-20(25)19(24)21-12-11-15-6-3-2-4-7-15/h2-4,6-7,9-10,14H,5,8,11-13H2,1H3,(H,21,24)(H,22,25). The van der Waals surface area contributed by atoms with Crippen molar-refractivity contribution in [3.63, 3.8) is 0 Å². The lowest BCUT2D eigenvalue weighted by molar-refractivity contribution is -0.136. The average Bonchev–Trinajstić information content (AvgIpc) is 2.67. The topological polar surface area (TPSA) is 95.6 Å². The van der Waals surface area contributed by atoms with Gasteiger partial charge in [-0.15, -0.1) is 0 Å². The van der Waals surface area contributed by atoms with Crippen molar-refractivity contribution in [1.82, 2.24) is 5.32 Å². The Hall–Kier alpha value is -2.87. The molecule has 0 aromatic heterocycles. The van der Waals surface area contributed by atoms with Crippen molar-refractivity contribution in [2.75, 3.05) is 29.0 Å². The van der Waals surface area contributed by atoms with Crippen LogP contribution in [-0.4, -0.2) is 39.6 Å². The van der Waals surface area contributed by atoms with Gasteiger partial charge in [0, 0.05) is 18.8 Å². The van der Waals surface area contributed by atoms with Crippen LogP contribution in [0.5, 0.6) is 0 Å². The third kappa shape index (κ3) is 4.89. The van der Waals surface area contributed by atoms with Crippen LogP contribution in [0.25, 0.3) is 0 Å². The first-order valence-electron chi connectivity index (χ1n) is 9.08. The van der Waals surface area contributed by atoms with E-state index in [0.717, 1.165) is 30.2 Å². The van der Waals surface area contributed by atoms with Crippen molar-refractivity contribution in [1.29, 1.82) is 0 Å². The van der Waals surface area contributed by atoms with Gasteiger partial charge in [-0.05, 0) is 42.5 Å². The fourth-order valence-corrected chi connectivity index (χ4v) is 4.18. The average molecular weight is 401 g/mol. The van der Waals surface area contributed by atoms with Gasteiger partial charge in [-0.3, -0.25) is 13.9 Å². The second kappa shape index (κ2) is 8.43. The van der Waals surface area contributed by atoms with Gasteiger partial charge >= 0.3 is 11.8 Å². The minimum atomic E-state index is -3.40. The van der Waals surface area contributed by atoms with Crippen LogP contribution in [-0.2, 0) is 32.5 Å². The Balaban J connectivity index is 1.61. The highest BCUT2D eigenvalue weighted by molar-refractivity contribution is 7.92. The lowest BCUT2D eigenvalue weighted by Crippen LogP contribution is -2.37. The molecule has 0 radical (unpaired) electrons. The number of nitrogens with zero attached hydrogens (tertiary/aromatic N) is 1. The Morgan fingerprint density at radius 2 is 1.82 bits per heavy atom. The van der Waals surface area contributed by atoms with E-state index >= 15 is 0 Å². The van der Waals surface area contributed by atoms with Gasteiger partial charge in [0.1, 0.15) is 0 Å². The zero-order chi connectivity index (χ0) is 20.1. The Morgan fingerprint density at radius 3 is 2.54 bits per heavy atom. The summed E-state index contributed by atoms with van der Waals surface area (Å²) in [5, 5.41) is 5.13. The van der Waals surface area contributed by atoms with Crippen molar-refractivity contribution in [3.05, 3.63) is 59.7 Å². The molecule has 0 saturated heterocycles. The second-order valence-electron chi connectivity index (χ2n) is 6.73. The Labute approximate surface area is 164 Å². The number of rotatable bonds is 5. The molecule has 0 atom stereocenters. The molecule has 148 valence electrons. The molecule has 2 N–H and O–H groups in total. The van der Waals surface area contributed by atoms with Crippen LogP contribution in [0.4, 0.5) is 11.4 Å². The van der Waals surface area contributed by atoms with Crippen molar-refractivity contribution < 1.29 is 18.0 Å². The van der Waals surface area contributed by atoms with E-state index in [0.29, 0.717) is 30.9 Å². The Bertz CT molecular complexity index is 974. The molecular formula is C20H23N3O4S. The molecule has 2 aromatic rings. The fraction of sp³-hybridized carbons (Fsp3) is 0.300. The first-order valence-corrected chi connectivity index (χ1v) is 10.9. The maximum atomic E-state index is 12.1. The summed E-state index contributed by atoms with van der Waals surface area (Å²) in [6.45, 7) is 0.755. The lowest BCUT2D eigenvalue weighted by Gasteiger charge is -2.29. The summed E-state index contributed by atoms with van der Waals surface area (Å²) in [6, 6.07) is 14.7. The van der Waals surface area contributed by atoms with Crippen molar-refractivity contribution in [3.8, 4) is 0 Å². The van der Waals surface area contributed by atoms with E-state index in [1.165, 1.54) is 4.31 Å². The zero-order valence-corrected chi connectivity index (χ0v) is 16.5. The van der Waals surface area contributed by atoms with E-state index in [1.54, 1.807) is 18.2 Å². The van der Waals surface area contributed by atoms with Crippen LogP contribution in [0, 0.1) is 0 Å². The third-order valence-electron chi connectivity index (χ3n) is 4.57. The van der Waals surface area contributed by atoms with Gasteiger partial charge in [0.2, 0.25) is 10.0 Å². The van der Waals surface area contributed by atoms with Crippen molar-refractivity contribution in [2.45, 2.75) is 19.3 Å².